The van der Waals surface area contributed by atoms with E-state index < -0.39 is 0 Å². The Bertz CT molecular complexity index is 818. The topological polar surface area (TPSA) is 59.4 Å². The Hall–Kier alpha value is -1.76. The van der Waals surface area contributed by atoms with Crippen molar-refractivity contribution in [3.8, 4) is 5.75 Å². The van der Waals surface area contributed by atoms with Gasteiger partial charge in [-0.2, -0.15) is 5.10 Å². The largest absolute Gasteiger partial charge is 0.470 e. The molecule has 32 heavy (non-hydrogen) atoms. The molecule has 1 aromatic heterocycles. The van der Waals surface area contributed by atoms with Crippen LogP contribution in [0.15, 0.2) is 30.5 Å². The van der Waals surface area contributed by atoms with Crippen LogP contribution in [0.3, 0.4) is 0 Å². The van der Waals surface area contributed by atoms with Gasteiger partial charge < -0.3 is 15.0 Å². The van der Waals surface area contributed by atoms with Gasteiger partial charge in [0.15, 0.2) is 6.73 Å². The van der Waals surface area contributed by atoms with Gasteiger partial charge in [0.2, 0.25) is 0 Å². The second-order valence-electron chi connectivity index (χ2n) is 8.16. The summed E-state index contributed by atoms with van der Waals surface area (Å²) < 4.78 is 7.22. The number of rotatable bonds is 15. The second kappa shape index (κ2) is 14.4. The number of halogens is 2. The Labute approximate surface area is 202 Å². The monoisotopic (exact) mass is 482 g/mol. The van der Waals surface area contributed by atoms with E-state index >= 15 is 0 Å². The first-order valence-corrected chi connectivity index (χ1v) is 12.3. The number of carbonyl (C=O) groups excluding carboxylic acids is 1. The molecule has 0 aliphatic heterocycles. The van der Waals surface area contributed by atoms with E-state index in [0.29, 0.717) is 21.5 Å². The summed E-state index contributed by atoms with van der Waals surface area (Å²) in [4.78, 5) is 15.1. The summed E-state index contributed by atoms with van der Waals surface area (Å²) in [5.41, 5.74) is 0.362. The van der Waals surface area contributed by atoms with Crippen LogP contribution in [-0.4, -0.2) is 46.3 Å². The van der Waals surface area contributed by atoms with E-state index in [2.05, 4.69) is 29.2 Å². The third-order valence-corrected chi connectivity index (χ3v) is 6.01. The Morgan fingerprint density at radius 3 is 2.47 bits per heavy atom. The van der Waals surface area contributed by atoms with Gasteiger partial charge in [0.05, 0.1) is 5.02 Å². The van der Waals surface area contributed by atoms with E-state index in [-0.39, 0.29) is 18.7 Å². The van der Waals surface area contributed by atoms with Crippen LogP contribution < -0.4 is 10.1 Å². The lowest BCUT2D eigenvalue weighted by atomic mass is 10.2. The fourth-order valence-corrected chi connectivity index (χ4v) is 3.83. The van der Waals surface area contributed by atoms with Gasteiger partial charge in [-0.15, -0.1) is 0 Å². The van der Waals surface area contributed by atoms with Crippen molar-refractivity contribution in [1.82, 2.24) is 20.0 Å². The molecule has 0 bridgehead atoms. The fourth-order valence-electron chi connectivity index (χ4n) is 3.48. The predicted molar refractivity (Wildman–Crippen MR) is 132 cm³/mol. The van der Waals surface area contributed by atoms with Crippen molar-refractivity contribution in [2.45, 2.75) is 72.1 Å². The molecule has 178 valence electrons. The molecule has 0 aliphatic rings. The van der Waals surface area contributed by atoms with Crippen molar-refractivity contribution in [2.24, 2.45) is 0 Å². The molecule has 1 N–H and O–H groups in total. The lowest BCUT2D eigenvalue weighted by Crippen LogP contribution is -2.42. The summed E-state index contributed by atoms with van der Waals surface area (Å²) in [6.07, 6.45) is 9.01. The minimum absolute atomic E-state index is 0.0393. The van der Waals surface area contributed by atoms with E-state index in [1.54, 1.807) is 35.1 Å². The minimum atomic E-state index is -0.181. The lowest BCUT2D eigenvalue weighted by Gasteiger charge is -2.26. The van der Waals surface area contributed by atoms with Crippen LogP contribution in [0.25, 0.3) is 0 Å². The van der Waals surface area contributed by atoms with E-state index in [1.807, 2.05) is 6.92 Å². The number of hydrogen-bond acceptors (Lipinski definition) is 4. The fraction of sp³-hybridized carbons (Fsp3) is 0.583. The van der Waals surface area contributed by atoms with Crippen molar-refractivity contribution in [1.29, 1.82) is 0 Å². The van der Waals surface area contributed by atoms with Gasteiger partial charge in [0, 0.05) is 18.8 Å². The summed E-state index contributed by atoms with van der Waals surface area (Å²) in [5.74, 6) is 0.291. The number of aromatic nitrogens is 2. The summed E-state index contributed by atoms with van der Waals surface area (Å²) in [7, 11) is 0. The standard InChI is InChI=1S/C24H36Cl2N4O2/c1-4-6-8-14-29(15-9-7-5-2)17-19(3)27-24(31)21-13-16-30(28-21)18-32-22-12-10-11-20(25)23(22)26/h10-13,16,19H,4-9,14-15,17-18H2,1-3H3,(H,27,31). The molecule has 1 atom stereocenters. The van der Waals surface area contributed by atoms with Gasteiger partial charge in [0.25, 0.3) is 5.91 Å². The first-order chi connectivity index (χ1) is 15.4. The quantitative estimate of drug-likeness (QED) is 0.315. The van der Waals surface area contributed by atoms with Crippen LogP contribution >= 0.6 is 23.2 Å². The van der Waals surface area contributed by atoms with Crippen LogP contribution in [0.5, 0.6) is 5.75 Å². The first-order valence-electron chi connectivity index (χ1n) is 11.6. The first kappa shape index (κ1) is 26.5. The number of benzene rings is 1. The summed E-state index contributed by atoms with van der Waals surface area (Å²) >= 11 is 12.1. The van der Waals surface area contributed by atoms with Gasteiger partial charge in [-0.3, -0.25) is 4.79 Å². The zero-order valence-electron chi connectivity index (χ0n) is 19.4. The van der Waals surface area contributed by atoms with Gasteiger partial charge in [-0.25, -0.2) is 4.68 Å². The summed E-state index contributed by atoms with van der Waals surface area (Å²) in [5, 5.41) is 8.18. The van der Waals surface area contributed by atoms with Gasteiger partial charge >= 0.3 is 0 Å². The molecule has 0 saturated carbocycles. The van der Waals surface area contributed by atoms with Crippen LogP contribution in [0, 0.1) is 0 Å². The minimum Gasteiger partial charge on any atom is -0.470 e. The van der Waals surface area contributed by atoms with Gasteiger partial charge in [-0.1, -0.05) is 68.8 Å². The van der Waals surface area contributed by atoms with Crippen molar-refractivity contribution >= 4 is 29.1 Å². The van der Waals surface area contributed by atoms with E-state index in [9.17, 15) is 4.79 Å². The summed E-state index contributed by atoms with van der Waals surface area (Å²) in [6.45, 7) is 9.62. The molecular weight excluding hydrogens is 447 g/mol. The van der Waals surface area contributed by atoms with E-state index in [1.165, 1.54) is 38.5 Å². The average molecular weight is 483 g/mol. The molecule has 6 nitrogen and oxygen atoms in total. The van der Waals surface area contributed by atoms with Crippen molar-refractivity contribution in [3.05, 3.63) is 46.2 Å². The lowest BCUT2D eigenvalue weighted by molar-refractivity contribution is 0.0921. The van der Waals surface area contributed by atoms with E-state index in [4.69, 9.17) is 27.9 Å². The Balaban J connectivity index is 1.85. The molecule has 0 saturated heterocycles. The van der Waals surface area contributed by atoms with Gasteiger partial charge in [-0.05, 0) is 51.1 Å². The number of nitrogens with zero attached hydrogens (tertiary/aromatic N) is 3. The Morgan fingerprint density at radius 2 is 1.81 bits per heavy atom. The highest BCUT2D eigenvalue weighted by atomic mass is 35.5. The molecule has 1 heterocycles. The number of hydrogen-bond donors (Lipinski definition) is 1. The second-order valence-corrected chi connectivity index (χ2v) is 8.94. The molecule has 2 aromatic rings. The maximum atomic E-state index is 12.7. The van der Waals surface area contributed by atoms with Crippen molar-refractivity contribution < 1.29 is 9.53 Å². The smallest absolute Gasteiger partial charge is 0.272 e. The number of ether oxygens (including phenoxy) is 1. The molecule has 1 amide bonds. The number of nitrogens with one attached hydrogen (secondary N) is 1. The Morgan fingerprint density at radius 1 is 1.12 bits per heavy atom. The SMILES string of the molecule is CCCCCN(CCCCC)CC(C)NC(=O)c1ccn(COc2cccc(Cl)c2Cl)n1. The highest BCUT2D eigenvalue weighted by molar-refractivity contribution is 6.42. The number of carbonyl (C=O) groups is 1. The molecule has 8 heteroatoms. The molecule has 1 unspecified atom stereocenters. The molecule has 2 rings (SSSR count). The zero-order valence-corrected chi connectivity index (χ0v) is 21.0. The van der Waals surface area contributed by atoms with Crippen LogP contribution in [0.2, 0.25) is 10.0 Å². The molecule has 0 radical (unpaired) electrons. The van der Waals surface area contributed by atoms with Crippen LogP contribution in [0.1, 0.15) is 69.8 Å². The third kappa shape index (κ3) is 9.00. The predicted octanol–water partition coefficient (Wildman–Crippen LogP) is 6.03. The van der Waals surface area contributed by atoms with E-state index in [0.717, 1.165) is 19.6 Å². The highest BCUT2D eigenvalue weighted by Gasteiger charge is 2.16. The normalized spacial score (nSPS) is 12.2. The average Bonchev–Trinajstić information content (AvgIpc) is 3.24. The maximum Gasteiger partial charge on any atom is 0.272 e. The molecule has 0 spiro atoms. The molecule has 0 fully saturated rings. The van der Waals surface area contributed by atoms with Gasteiger partial charge in [0.1, 0.15) is 16.5 Å². The highest BCUT2D eigenvalue weighted by Crippen LogP contribution is 2.31. The molecule has 1 aromatic carbocycles. The Kier molecular flexibility index (Phi) is 11.9. The third-order valence-electron chi connectivity index (χ3n) is 5.21. The maximum absolute atomic E-state index is 12.7. The summed E-state index contributed by atoms with van der Waals surface area (Å²) in [6, 6.07) is 6.92. The van der Waals surface area contributed by atoms with Crippen molar-refractivity contribution in [2.75, 3.05) is 19.6 Å². The van der Waals surface area contributed by atoms with Crippen molar-refractivity contribution in [3.63, 3.8) is 0 Å². The molecular formula is C24H36Cl2N4O2. The molecule has 0 aliphatic carbocycles. The number of amides is 1. The van der Waals surface area contributed by atoms with Crippen LogP contribution in [-0.2, 0) is 6.73 Å². The number of unbranched alkanes of at least 4 members (excludes halogenated alkanes) is 4. The zero-order chi connectivity index (χ0) is 23.3. The van der Waals surface area contributed by atoms with Crippen LogP contribution in [0.4, 0.5) is 0 Å².